The van der Waals surface area contributed by atoms with Gasteiger partial charge in [-0.25, -0.2) is 0 Å². The molecule has 2 aromatic rings. The zero-order valence-electron chi connectivity index (χ0n) is 11.9. The van der Waals surface area contributed by atoms with Crippen LogP contribution < -0.4 is 5.32 Å². The van der Waals surface area contributed by atoms with E-state index in [2.05, 4.69) is 55.6 Å². The maximum atomic E-state index is 6.14. The van der Waals surface area contributed by atoms with E-state index in [1.54, 1.807) is 11.8 Å². The molecule has 0 amide bonds. The minimum absolute atomic E-state index is 0.791. The summed E-state index contributed by atoms with van der Waals surface area (Å²) in [5.41, 5.74) is 2.58. The van der Waals surface area contributed by atoms with Crippen molar-refractivity contribution >= 4 is 23.4 Å². The molecule has 0 saturated heterocycles. The van der Waals surface area contributed by atoms with Gasteiger partial charge < -0.3 is 5.32 Å². The molecule has 0 fully saturated rings. The third-order valence-electron chi connectivity index (χ3n) is 2.99. The summed E-state index contributed by atoms with van der Waals surface area (Å²) < 4.78 is 0. The minimum Gasteiger partial charge on any atom is -0.313 e. The average molecular weight is 306 g/mol. The first-order valence-electron chi connectivity index (χ1n) is 6.92. The third kappa shape index (κ3) is 4.55. The van der Waals surface area contributed by atoms with Crippen molar-refractivity contribution in [1.82, 2.24) is 5.32 Å². The van der Waals surface area contributed by atoms with Crippen LogP contribution in [-0.4, -0.2) is 6.54 Å². The summed E-state index contributed by atoms with van der Waals surface area (Å²) in [6, 6.07) is 14.7. The van der Waals surface area contributed by atoms with E-state index in [0.717, 1.165) is 24.5 Å². The maximum Gasteiger partial charge on any atom is 0.0417 e. The van der Waals surface area contributed by atoms with Gasteiger partial charge in [0.25, 0.3) is 0 Å². The molecule has 0 aliphatic carbocycles. The highest BCUT2D eigenvalue weighted by Crippen LogP contribution is 2.32. The molecule has 0 spiro atoms. The Morgan fingerprint density at radius 1 is 1.15 bits per heavy atom. The van der Waals surface area contributed by atoms with E-state index in [9.17, 15) is 0 Å². The summed E-state index contributed by atoms with van der Waals surface area (Å²) in [5.74, 6) is 0. The Morgan fingerprint density at radius 2 is 2.00 bits per heavy atom. The second kappa shape index (κ2) is 7.72. The van der Waals surface area contributed by atoms with Crippen LogP contribution in [-0.2, 0) is 6.54 Å². The molecule has 1 nitrogen and oxygen atoms in total. The molecule has 0 aliphatic heterocycles. The van der Waals surface area contributed by atoms with Crippen molar-refractivity contribution in [2.24, 2.45) is 0 Å². The lowest BCUT2D eigenvalue weighted by Crippen LogP contribution is -2.14. The van der Waals surface area contributed by atoms with Crippen molar-refractivity contribution in [2.45, 2.75) is 36.6 Å². The number of rotatable bonds is 6. The number of hydrogen-bond acceptors (Lipinski definition) is 2. The van der Waals surface area contributed by atoms with Gasteiger partial charge in [-0.3, -0.25) is 0 Å². The summed E-state index contributed by atoms with van der Waals surface area (Å²) in [6.07, 6.45) is 1.15. The highest BCUT2D eigenvalue weighted by Gasteiger charge is 2.06. The number of nitrogens with one attached hydrogen (secondary N) is 1. The van der Waals surface area contributed by atoms with E-state index in [0.29, 0.717) is 0 Å². The van der Waals surface area contributed by atoms with Gasteiger partial charge in [0, 0.05) is 21.4 Å². The van der Waals surface area contributed by atoms with Crippen molar-refractivity contribution in [2.75, 3.05) is 6.54 Å². The standard InChI is InChI=1S/C17H20ClNS/c1-3-9-19-12-14-7-8-15(18)11-17(14)20-16-6-4-5-13(2)10-16/h4-8,10-11,19H,3,9,12H2,1-2H3. The van der Waals surface area contributed by atoms with Crippen LogP contribution in [0.1, 0.15) is 24.5 Å². The molecule has 2 rings (SSSR count). The Labute approximate surface area is 130 Å². The van der Waals surface area contributed by atoms with E-state index in [-0.39, 0.29) is 0 Å². The van der Waals surface area contributed by atoms with Crippen molar-refractivity contribution in [3.8, 4) is 0 Å². The Balaban J connectivity index is 2.18. The van der Waals surface area contributed by atoms with Crippen LogP contribution in [0, 0.1) is 6.92 Å². The fourth-order valence-corrected chi connectivity index (χ4v) is 3.31. The summed E-state index contributed by atoms with van der Waals surface area (Å²) in [7, 11) is 0. The predicted octanol–water partition coefficient (Wildman–Crippen LogP) is 5.30. The summed E-state index contributed by atoms with van der Waals surface area (Å²) in [5, 5.41) is 4.24. The molecular weight excluding hydrogens is 286 g/mol. The monoisotopic (exact) mass is 305 g/mol. The van der Waals surface area contributed by atoms with Crippen molar-refractivity contribution in [3.05, 3.63) is 58.6 Å². The highest BCUT2D eigenvalue weighted by molar-refractivity contribution is 7.99. The number of hydrogen-bond donors (Lipinski definition) is 1. The van der Waals surface area contributed by atoms with E-state index in [4.69, 9.17) is 11.6 Å². The second-order valence-electron chi connectivity index (χ2n) is 4.85. The van der Waals surface area contributed by atoms with E-state index in [1.165, 1.54) is 20.9 Å². The molecule has 20 heavy (non-hydrogen) atoms. The molecule has 0 radical (unpaired) electrons. The lowest BCUT2D eigenvalue weighted by atomic mass is 10.2. The van der Waals surface area contributed by atoms with Crippen LogP contribution in [0.2, 0.25) is 5.02 Å². The van der Waals surface area contributed by atoms with Crippen LogP contribution >= 0.6 is 23.4 Å². The first-order valence-corrected chi connectivity index (χ1v) is 8.12. The van der Waals surface area contributed by atoms with Crippen molar-refractivity contribution in [3.63, 3.8) is 0 Å². The van der Waals surface area contributed by atoms with Crippen LogP contribution in [0.4, 0.5) is 0 Å². The molecule has 0 aliphatic rings. The Morgan fingerprint density at radius 3 is 2.75 bits per heavy atom. The van der Waals surface area contributed by atoms with Crippen molar-refractivity contribution in [1.29, 1.82) is 0 Å². The van der Waals surface area contributed by atoms with E-state index in [1.807, 2.05) is 6.07 Å². The topological polar surface area (TPSA) is 12.0 Å². The molecule has 1 N–H and O–H groups in total. The summed E-state index contributed by atoms with van der Waals surface area (Å²) in [6.45, 7) is 6.22. The van der Waals surface area contributed by atoms with Gasteiger partial charge in [0.2, 0.25) is 0 Å². The lowest BCUT2D eigenvalue weighted by Gasteiger charge is -2.11. The third-order valence-corrected chi connectivity index (χ3v) is 4.31. The van der Waals surface area contributed by atoms with E-state index < -0.39 is 0 Å². The number of aryl methyl sites for hydroxylation is 1. The van der Waals surface area contributed by atoms with Gasteiger partial charge in [-0.1, -0.05) is 54.0 Å². The Kier molecular flexibility index (Phi) is 5.96. The largest absolute Gasteiger partial charge is 0.313 e. The zero-order chi connectivity index (χ0) is 14.4. The smallest absolute Gasteiger partial charge is 0.0417 e. The van der Waals surface area contributed by atoms with Crippen LogP contribution in [0.3, 0.4) is 0 Å². The molecule has 106 valence electrons. The quantitative estimate of drug-likeness (QED) is 0.727. The Bertz CT molecular complexity index is 569. The predicted molar refractivity (Wildman–Crippen MR) is 88.8 cm³/mol. The van der Waals surface area contributed by atoms with Gasteiger partial charge in [-0.2, -0.15) is 0 Å². The fourth-order valence-electron chi connectivity index (χ4n) is 1.98. The fraction of sp³-hybridized carbons (Fsp3) is 0.294. The molecular formula is C17H20ClNS. The number of benzene rings is 2. The SMILES string of the molecule is CCCNCc1ccc(Cl)cc1Sc1cccc(C)c1. The number of halogens is 1. The van der Waals surface area contributed by atoms with Crippen LogP contribution in [0.15, 0.2) is 52.3 Å². The van der Waals surface area contributed by atoms with Gasteiger partial charge in [0.05, 0.1) is 0 Å². The summed E-state index contributed by atoms with van der Waals surface area (Å²) >= 11 is 7.92. The van der Waals surface area contributed by atoms with Gasteiger partial charge in [-0.15, -0.1) is 0 Å². The zero-order valence-corrected chi connectivity index (χ0v) is 13.5. The minimum atomic E-state index is 0.791. The molecule has 0 saturated carbocycles. The van der Waals surface area contributed by atoms with Gasteiger partial charge in [0.1, 0.15) is 0 Å². The van der Waals surface area contributed by atoms with Crippen molar-refractivity contribution < 1.29 is 0 Å². The molecule has 0 heterocycles. The molecule has 0 unspecified atom stereocenters. The first kappa shape index (κ1) is 15.4. The Hall–Kier alpha value is -0.960. The van der Waals surface area contributed by atoms with E-state index >= 15 is 0 Å². The normalized spacial score (nSPS) is 10.8. The first-order chi connectivity index (χ1) is 9.69. The molecule has 0 atom stereocenters. The van der Waals surface area contributed by atoms with Crippen LogP contribution in [0.25, 0.3) is 0 Å². The molecule has 0 bridgehead atoms. The molecule has 0 aromatic heterocycles. The summed E-state index contributed by atoms with van der Waals surface area (Å²) in [4.78, 5) is 2.48. The highest BCUT2D eigenvalue weighted by atomic mass is 35.5. The van der Waals surface area contributed by atoms with Gasteiger partial charge in [-0.05, 0) is 49.7 Å². The van der Waals surface area contributed by atoms with Crippen LogP contribution in [0.5, 0.6) is 0 Å². The van der Waals surface area contributed by atoms with Gasteiger partial charge >= 0.3 is 0 Å². The average Bonchev–Trinajstić information content (AvgIpc) is 2.41. The maximum absolute atomic E-state index is 6.14. The van der Waals surface area contributed by atoms with Gasteiger partial charge in [0.15, 0.2) is 0 Å². The second-order valence-corrected chi connectivity index (χ2v) is 6.40. The molecule has 2 aromatic carbocycles. The lowest BCUT2D eigenvalue weighted by molar-refractivity contribution is 0.669. The molecule has 3 heteroatoms.